The van der Waals surface area contributed by atoms with Crippen LogP contribution in [0.5, 0.6) is 0 Å². The van der Waals surface area contributed by atoms with E-state index in [0.717, 1.165) is 16.8 Å². The molecule has 2 aromatic heterocycles. The summed E-state index contributed by atoms with van der Waals surface area (Å²) < 4.78 is 0. The normalized spacial score (nSPS) is 10.6. The van der Waals surface area contributed by atoms with E-state index in [-0.39, 0.29) is 6.04 Å². The lowest BCUT2D eigenvalue weighted by Gasteiger charge is -2.22. The first-order valence-electron chi connectivity index (χ1n) is 8.95. The first-order chi connectivity index (χ1) is 13.8. The van der Waals surface area contributed by atoms with Gasteiger partial charge in [-0.05, 0) is 23.3 Å². The highest BCUT2D eigenvalue weighted by molar-refractivity contribution is 5.77. The van der Waals surface area contributed by atoms with E-state index in [4.69, 9.17) is 5.73 Å². The van der Waals surface area contributed by atoms with E-state index in [9.17, 15) is 0 Å². The van der Waals surface area contributed by atoms with Crippen molar-refractivity contribution < 1.29 is 0 Å². The van der Waals surface area contributed by atoms with Crippen LogP contribution in [0.4, 0.5) is 23.0 Å². The number of nitrogens with zero attached hydrogens (tertiary/aromatic N) is 3. The SMILES string of the molecule is Nc1c(Nc2cccnc2)ncnc1NC(c1ccccc1)c1ccccc1. The smallest absolute Gasteiger partial charge is 0.159 e. The lowest BCUT2D eigenvalue weighted by atomic mass is 9.99. The van der Waals surface area contributed by atoms with Crippen LogP contribution in [0.1, 0.15) is 17.2 Å². The first kappa shape index (κ1) is 17.5. The molecule has 4 rings (SSSR count). The third-order valence-corrected chi connectivity index (χ3v) is 4.36. The molecule has 138 valence electrons. The molecule has 0 bridgehead atoms. The summed E-state index contributed by atoms with van der Waals surface area (Å²) in [6, 6.07) is 24.1. The van der Waals surface area contributed by atoms with Crippen LogP contribution in [0.3, 0.4) is 0 Å². The molecule has 6 nitrogen and oxygen atoms in total. The Morgan fingerprint density at radius 2 is 1.39 bits per heavy atom. The van der Waals surface area contributed by atoms with Gasteiger partial charge in [0, 0.05) is 6.20 Å². The van der Waals surface area contributed by atoms with E-state index in [1.54, 1.807) is 12.4 Å². The van der Waals surface area contributed by atoms with Crippen LogP contribution in [-0.2, 0) is 0 Å². The summed E-state index contributed by atoms with van der Waals surface area (Å²) in [5.41, 5.74) is 9.86. The number of benzene rings is 2. The maximum atomic E-state index is 6.37. The molecule has 0 radical (unpaired) electrons. The number of aromatic nitrogens is 3. The van der Waals surface area contributed by atoms with Gasteiger partial charge in [-0.25, -0.2) is 9.97 Å². The van der Waals surface area contributed by atoms with Gasteiger partial charge in [0.2, 0.25) is 0 Å². The van der Waals surface area contributed by atoms with Gasteiger partial charge < -0.3 is 16.4 Å². The summed E-state index contributed by atoms with van der Waals surface area (Å²) in [5.74, 6) is 1.10. The molecular weight excluding hydrogens is 348 g/mol. The number of hydrogen-bond donors (Lipinski definition) is 3. The fraction of sp³-hybridized carbons (Fsp3) is 0.0455. The second-order valence-electron chi connectivity index (χ2n) is 6.25. The molecule has 0 saturated carbocycles. The Hall–Kier alpha value is -3.93. The Morgan fingerprint density at radius 3 is 2.00 bits per heavy atom. The van der Waals surface area contributed by atoms with Crippen molar-refractivity contribution in [1.29, 1.82) is 0 Å². The van der Waals surface area contributed by atoms with E-state index in [1.165, 1.54) is 6.33 Å². The van der Waals surface area contributed by atoms with Crippen LogP contribution >= 0.6 is 0 Å². The average Bonchev–Trinajstić information content (AvgIpc) is 2.76. The van der Waals surface area contributed by atoms with Gasteiger partial charge in [0.25, 0.3) is 0 Å². The highest BCUT2D eigenvalue weighted by atomic mass is 15.1. The summed E-state index contributed by atoms with van der Waals surface area (Å²) >= 11 is 0. The molecule has 0 fully saturated rings. The van der Waals surface area contributed by atoms with E-state index < -0.39 is 0 Å². The van der Waals surface area contributed by atoms with Crippen molar-refractivity contribution in [3.63, 3.8) is 0 Å². The highest BCUT2D eigenvalue weighted by Gasteiger charge is 2.17. The molecule has 2 aromatic carbocycles. The Morgan fingerprint density at radius 1 is 0.750 bits per heavy atom. The fourth-order valence-electron chi connectivity index (χ4n) is 2.97. The minimum Gasteiger partial charge on any atom is -0.393 e. The van der Waals surface area contributed by atoms with Gasteiger partial charge >= 0.3 is 0 Å². The molecule has 28 heavy (non-hydrogen) atoms. The quantitative estimate of drug-likeness (QED) is 0.467. The zero-order chi connectivity index (χ0) is 19.2. The molecule has 0 unspecified atom stereocenters. The number of pyridine rings is 1. The summed E-state index contributed by atoms with van der Waals surface area (Å²) in [6.45, 7) is 0. The standard InChI is InChI=1S/C22H20N6/c23-19-21(27-18-12-7-13-24-14-18)25-15-26-22(19)28-20(16-8-3-1-4-9-16)17-10-5-2-6-11-17/h1-15,20H,23H2,(H2,25,26,27,28). The molecule has 6 heteroatoms. The first-order valence-corrected chi connectivity index (χ1v) is 8.95. The van der Waals surface area contributed by atoms with Crippen LogP contribution in [0.25, 0.3) is 0 Å². The molecule has 0 saturated heterocycles. The van der Waals surface area contributed by atoms with Crippen LogP contribution in [0, 0.1) is 0 Å². The van der Waals surface area contributed by atoms with Gasteiger partial charge in [-0.1, -0.05) is 60.7 Å². The number of rotatable bonds is 6. The lowest BCUT2D eigenvalue weighted by Crippen LogP contribution is -2.15. The maximum absolute atomic E-state index is 6.37. The second kappa shape index (κ2) is 8.18. The van der Waals surface area contributed by atoms with Gasteiger partial charge in [-0.15, -0.1) is 0 Å². The molecule has 0 atom stereocenters. The summed E-state index contributed by atoms with van der Waals surface area (Å²) in [5, 5.41) is 6.66. The highest BCUT2D eigenvalue weighted by Crippen LogP contribution is 2.31. The number of nitrogens with one attached hydrogen (secondary N) is 2. The summed E-state index contributed by atoms with van der Waals surface area (Å²) in [6.07, 6.45) is 4.92. The Balaban J connectivity index is 1.67. The largest absolute Gasteiger partial charge is 0.393 e. The van der Waals surface area contributed by atoms with E-state index in [0.29, 0.717) is 17.3 Å². The van der Waals surface area contributed by atoms with Gasteiger partial charge in [-0.2, -0.15) is 0 Å². The Bertz CT molecular complexity index is 983. The third-order valence-electron chi connectivity index (χ3n) is 4.36. The van der Waals surface area contributed by atoms with Gasteiger partial charge in [-0.3, -0.25) is 4.98 Å². The lowest BCUT2D eigenvalue weighted by molar-refractivity contribution is 0.924. The number of nitrogens with two attached hydrogens (primary N) is 1. The van der Waals surface area contributed by atoms with Gasteiger partial charge in [0.15, 0.2) is 11.6 Å². The Kier molecular flexibility index (Phi) is 5.11. The predicted molar refractivity (Wildman–Crippen MR) is 112 cm³/mol. The van der Waals surface area contributed by atoms with Gasteiger partial charge in [0.1, 0.15) is 12.0 Å². The minimum absolute atomic E-state index is 0.0918. The molecule has 0 spiro atoms. The molecule has 4 N–H and O–H groups in total. The van der Waals surface area contributed by atoms with Crippen LogP contribution in [0.2, 0.25) is 0 Å². The summed E-state index contributed by atoms with van der Waals surface area (Å²) in [7, 11) is 0. The number of anilines is 4. The van der Waals surface area contributed by atoms with Crippen molar-refractivity contribution in [3.8, 4) is 0 Å². The van der Waals surface area contributed by atoms with Crippen molar-refractivity contribution in [1.82, 2.24) is 15.0 Å². The average molecular weight is 368 g/mol. The number of nitrogen functional groups attached to an aromatic ring is 1. The molecule has 0 aliphatic heterocycles. The minimum atomic E-state index is -0.0918. The van der Waals surface area contributed by atoms with Crippen molar-refractivity contribution in [2.75, 3.05) is 16.4 Å². The molecule has 0 amide bonds. The fourth-order valence-corrected chi connectivity index (χ4v) is 2.97. The van der Waals surface area contributed by atoms with Crippen molar-refractivity contribution in [2.45, 2.75) is 6.04 Å². The molecular formula is C22H20N6. The van der Waals surface area contributed by atoms with Crippen LogP contribution < -0.4 is 16.4 Å². The predicted octanol–water partition coefficient (Wildman–Crippen LogP) is 4.40. The van der Waals surface area contributed by atoms with Gasteiger partial charge in [0.05, 0.1) is 17.9 Å². The van der Waals surface area contributed by atoms with E-state index in [2.05, 4.69) is 49.9 Å². The zero-order valence-corrected chi connectivity index (χ0v) is 15.2. The maximum Gasteiger partial charge on any atom is 0.159 e. The molecule has 0 aliphatic carbocycles. The second-order valence-corrected chi connectivity index (χ2v) is 6.25. The monoisotopic (exact) mass is 368 g/mol. The Labute approximate surface area is 163 Å². The van der Waals surface area contributed by atoms with Crippen molar-refractivity contribution in [3.05, 3.63) is 103 Å². The van der Waals surface area contributed by atoms with E-state index >= 15 is 0 Å². The molecule has 0 aliphatic rings. The number of hydrogen-bond acceptors (Lipinski definition) is 6. The van der Waals surface area contributed by atoms with E-state index in [1.807, 2.05) is 48.5 Å². The summed E-state index contributed by atoms with van der Waals surface area (Å²) in [4.78, 5) is 12.7. The zero-order valence-electron chi connectivity index (χ0n) is 15.2. The third kappa shape index (κ3) is 3.91. The van der Waals surface area contributed by atoms with Crippen molar-refractivity contribution >= 4 is 23.0 Å². The topological polar surface area (TPSA) is 88.8 Å². The van der Waals surface area contributed by atoms with Crippen LogP contribution in [-0.4, -0.2) is 15.0 Å². The molecule has 2 heterocycles. The van der Waals surface area contributed by atoms with Crippen LogP contribution in [0.15, 0.2) is 91.5 Å². The van der Waals surface area contributed by atoms with Crippen molar-refractivity contribution in [2.24, 2.45) is 0 Å². The molecule has 4 aromatic rings.